The van der Waals surface area contributed by atoms with E-state index in [1.807, 2.05) is 0 Å². The fourth-order valence-corrected chi connectivity index (χ4v) is 5.54. The highest BCUT2D eigenvalue weighted by molar-refractivity contribution is 5.92. The predicted molar refractivity (Wildman–Crippen MR) is 156 cm³/mol. The summed E-state index contributed by atoms with van der Waals surface area (Å²) in [6.07, 6.45) is 2.59. The van der Waals surface area contributed by atoms with Crippen LogP contribution in [-0.2, 0) is 11.3 Å². The van der Waals surface area contributed by atoms with Gasteiger partial charge in [0.15, 0.2) is 0 Å². The third-order valence-electron chi connectivity index (χ3n) is 7.87. The maximum Gasteiger partial charge on any atom is 0.343 e. The van der Waals surface area contributed by atoms with Crippen LogP contribution in [0.5, 0.6) is 11.6 Å². The molecule has 0 saturated heterocycles. The summed E-state index contributed by atoms with van der Waals surface area (Å²) in [5.74, 6) is -3.17. The van der Waals surface area contributed by atoms with Crippen molar-refractivity contribution in [1.29, 1.82) is 0 Å². The largest absolute Gasteiger partial charge is 0.481 e. The van der Waals surface area contributed by atoms with Crippen LogP contribution in [0.1, 0.15) is 74.9 Å². The van der Waals surface area contributed by atoms with E-state index in [0.29, 0.717) is 23.2 Å². The van der Waals surface area contributed by atoms with Crippen molar-refractivity contribution in [3.05, 3.63) is 77.2 Å². The predicted octanol–water partition coefficient (Wildman–Crippen LogP) is 7.04. The first-order valence-corrected chi connectivity index (χ1v) is 14.2. The Kier molecular flexibility index (Phi) is 9.30. The van der Waals surface area contributed by atoms with E-state index in [1.54, 1.807) is 36.4 Å². The van der Waals surface area contributed by atoms with Crippen LogP contribution >= 0.6 is 0 Å². The van der Waals surface area contributed by atoms with Gasteiger partial charge < -0.3 is 14.6 Å². The number of benzene rings is 2. The lowest BCUT2D eigenvalue weighted by Gasteiger charge is -2.31. The van der Waals surface area contributed by atoms with E-state index in [4.69, 9.17) is 9.47 Å². The summed E-state index contributed by atoms with van der Waals surface area (Å²) in [6, 6.07) is 13.2. The Morgan fingerprint density at radius 2 is 1.76 bits per heavy atom. The summed E-state index contributed by atoms with van der Waals surface area (Å²) in [5.41, 5.74) is -0.114. The number of rotatable bonds is 12. The van der Waals surface area contributed by atoms with Gasteiger partial charge >= 0.3 is 11.9 Å². The van der Waals surface area contributed by atoms with Gasteiger partial charge in [-0.05, 0) is 94.3 Å². The van der Waals surface area contributed by atoms with Crippen LogP contribution in [0.25, 0.3) is 11.1 Å². The standard InChI is InChI=1S/C33H38F2N2O5/c1-19(2)37(20(3)4)18-24-14-23(12-13-26(24)27-16-29(41-6)36-17-28(27)34)31(38)42-25-9-7-8-22(15-25)30(21-10-11-21)33(5,35)32(39)40/h7-9,12-17,19-21,30H,10-11,18H2,1-6H3,(H,39,40)/t30-,33+/m0/s1. The second kappa shape index (κ2) is 12.6. The Morgan fingerprint density at radius 3 is 2.36 bits per heavy atom. The highest BCUT2D eigenvalue weighted by Gasteiger charge is 2.50. The van der Waals surface area contributed by atoms with Gasteiger partial charge in [-0.25, -0.2) is 23.4 Å². The first-order chi connectivity index (χ1) is 19.8. The van der Waals surface area contributed by atoms with Gasteiger partial charge in [0, 0.05) is 36.2 Å². The molecule has 42 heavy (non-hydrogen) atoms. The molecule has 2 aromatic carbocycles. The minimum absolute atomic E-state index is 0.0887. The molecule has 0 radical (unpaired) electrons. The molecule has 1 fully saturated rings. The second-order valence-corrected chi connectivity index (χ2v) is 11.6. The number of carboxylic acids is 1. The van der Waals surface area contributed by atoms with Gasteiger partial charge in [-0.3, -0.25) is 4.90 Å². The van der Waals surface area contributed by atoms with Crippen molar-refractivity contribution in [2.75, 3.05) is 7.11 Å². The molecule has 1 aromatic heterocycles. The summed E-state index contributed by atoms with van der Waals surface area (Å²) in [7, 11) is 1.46. The molecule has 224 valence electrons. The number of alkyl halides is 1. The molecule has 0 bridgehead atoms. The summed E-state index contributed by atoms with van der Waals surface area (Å²) in [4.78, 5) is 31.2. The lowest BCUT2D eigenvalue weighted by atomic mass is 9.81. The van der Waals surface area contributed by atoms with Crippen LogP contribution in [0.2, 0.25) is 0 Å². The average molecular weight is 581 g/mol. The fourth-order valence-electron chi connectivity index (χ4n) is 5.54. The summed E-state index contributed by atoms with van der Waals surface area (Å²) >= 11 is 0. The van der Waals surface area contributed by atoms with Gasteiger partial charge in [0.2, 0.25) is 11.5 Å². The van der Waals surface area contributed by atoms with E-state index in [1.165, 1.54) is 19.2 Å². The van der Waals surface area contributed by atoms with Crippen LogP contribution in [-0.4, -0.2) is 51.8 Å². The van der Waals surface area contributed by atoms with Crippen LogP contribution in [0.15, 0.2) is 54.7 Å². The normalized spacial score (nSPS) is 15.5. The zero-order chi connectivity index (χ0) is 30.8. The van der Waals surface area contributed by atoms with Gasteiger partial charge in [0.05, 0.1) is 18.9 Å². The number of carbonyl (C=O) groups is 2. The molecule has 0 unspecified atom stereocenters. The van der Waals surface area contributed by atoms with E-state index in [2.05, 4.69) is 37.6 Å². The summed E-state index contributed by atoms with van der Waals surface area (Å²) in [6.45, 7) is 9.81. The monoisotopic (exact) mass is 580 g/mol. The number of hydrogen-bond donors (Lipinski definition) is 1. The number of aromatic nitrogens is 1. The molecule has 4 rings (SSSR count). The second-order valence-electron chi connectivity index (χ2n) is 11.6. The molecule has 1 saturated carbocycles. The zero-order valence-corrected chi connectivity index (χ0v) is 24.9. The van der Waals surface area contributed by atoms with Crippen molar-refractivity contribution in [2.24, 2.45) is 5.92 Å². The topological polar surface area (TPSA) is 89.0 Å². The number of ether oxygens (including phenoxy) is 2. The maximum absolute atomic E-state index is 15.3. The summed E-state index contributed by atoms with van der Waals surface area (Å²) < 4.78 is 41.2. The molecule has 0 amide bonds. The highest BCUT2D eigenvalue weighted by Crippen LogP contribution is 2.50. The van der Waals surface area contributed by atoms with Crippen molar-refractivity contribution in [1.82, 2.24) is 9.88 Å². The van der Waals surface area contributed by atoms with Crippen molar-refractivity contribution >= 4 is 11.9 Å². The number of carbonyl (C=O) groups excluding carboxylic acids is 1. The van der Waals surface area contributed by atoms with E-state index < -0.39 is 29.3 Å². The van der Waals surface area contributed by atoms with Gasteiger partial charge in [0.1, 0.15) is 11.6 Å². The number of halogens is 2. The zero-order valence-electron chi connectivity index (χ0n) is 24.9. The molecule has 0 spiro atoms. The molecule has 9 heteroatoms. The third kappa shape index (κ3) is 6.78. The van der Waals surface area contributed by atoms with Crippen LogP contribution in [0.4, 0.5) is 8.78 Å². The SMILES string of the molecule is COc1cc(-c2ccc(C(=O)Oc3cccc([C@H](C4CC4)[C@@](C)(F)C(=O)O)c3)cc2CN(C(C)C)C(C)C)c(F)cn1. The Labute approximate surface area is 245 Å². The number of esters is 1. The van der Waals surface area contributed by atoms with Crippen molar-refractivity contribution in [2.45, 2.75) is 77.7 Å². The lowest BCUT2D eigenvalue weighted by molar-refractivity contribution is -0.151. The number of nitrogens with zero attached hydrogens (tertiary/aromatic N) is 2. The van der Waals surface area contributed by atoms with Crippen molar-refractivity contribution < 1.29 is 33.0 Å². The van der Waals surface area contributed by atoms with E-state index in [-0.39, 0.29) is 35.2 Å². The Hall–Kier alpha value is -3.85. The van der Waals surface area contributed by atoms with Gasteiger partial charge in [-0.15, -0.1) is 0 Å². The fraction of sp³-hybridized carbons (Fsp3) is 0.424. The molecule has 3 aromatic rings. The number of pyridine rings is 1. The molecule has 7 nitrogen and oxygen atoms in total. The van der Waals surface area contributed by atoms with E-state index in [0.717, 1.165) is 31.5 Å². The average Bonchev–Trinajstić information content (AvgIpc) is 3.76. The number of aliphatic carboxylic acids is 1. The number of methoxy groups -OCH3 is 1. The highest BCUT2D eigenvalue weighted by atomic mass is 19.1. The molecular weight excluding hydrogens is 542 g/mol. The Bertz CT molecular complexity index is 1440. The molecule has 1 aliphatic rings. The van der Waals surface area contributed by atoms with E-state index >= 15 is 4.39 Å². The van der Waals surface area contributed by atoms with Crippen molar-refractivity contribution in [3.63, 3.8) is 0 Å². The number of hydrogen-bond acceptors (Lipinski definition) is 6. The van der Waals surface area contributed by atoms with Gasteiger partial charge in [-0.1, -0.05) is 18.2 Å². The minimum Gasteiger partial charge on any atom is -0.481 e. The molecule has 1 aliphatic carbocycles. The van der Waals surface area contributed by atoms with Crippen LogP contribution < -0.4 is 9.47 Å². The van der Waals surface area contributed by atoms with Gasteiger partial charge in [0.25, 0.3) is 0 Å². The quantitative estimate of drug-likeness (QED) is 0.182. The Morgan fingerprint density at radius 1 is 1.07 bits per heavy atom. The lowest BCUT2D eigenvalue weighted by Crippen LogP contribution is -2.38. The van der Waals surface area contributed by atoms with Gasteiger partial charge in [-0.2, -0.15) is 0 Å². The maximum atomic E-state index is 15.3. The van der Waals surface area contributed by atoms with Crippen LogP contribution in [0, 0.1) is 11.7 Å². The molecule has 1 N–H and O–H groups in total. The smallest absolute Gasteiger partial charge is 0.343 e. The third-order valence-corrected chi connectivity index (χ3v) is 7.87. The molecule has 1 heterocycles. The molecule has 0 aliphatic heterocycles. The molecular formula is C33H38F2N2O5. The number of carboxylic acid groups (broad SMARTS) is 1. The summed E-state index contributed by atoms with van der Waals surface area (Å²) in [5, 5.41) is 9.52. The van der Waals surface area contributed by atoms with E-state index in [9.17, 15) is 19.1 Å². The van der Waals surface area contributed by atoms with Crippen LogP contribution in [0.3, 0.4) is 0 Å². The molecule has 2 atom stereocenters. The Balaban J connectivity index is 1.69. The first kappa shape index (κ1) is 31.1. The first-order valence-electron chi connectivity index (χ1n) is 14.2. The minimum atomic E-state index is -2.46. The van der Waals surface area contributed by atoms with Crippen molar-refractivity contribution in [3.8, 4) is 22.8 Å².